The first-order chi connectivity index (χ1) is 9.82. The van der Waals surface area contributed by atoms with Gasteiger partial charge in [-0.3, -0.25) is 4.79 Å². The molecule has 21 heavy (non-hydrogen) atoms. The summed E-state index contributed by atoms with van der Waals surface area (Å²) in [6.07, 6.45) is 0.393. The summed E-state index contributed by atoms with van der Waals surface area (Å²) in [5.74, 6) is -0.110. The zero-order valence-corrected chi connectivity index (χ0v) is 12.6. The number of carbonyl (C=O) groups excluding carboxylic acids is 1. The highest BCUT2D eigenvalue weighted by molar-refractivity contribution is 5.75. The van der Waals surface area contributed by atoms with Crippen LogP contribution in [-0.2, 0) is 11.3 Å². The van der Waals surface area contributed by atoms with Gasteiger partial charge in [0.15, 0.2) is 0 Å². The van der Waals surface area contributed by atoms with Crippen molar-refractivity contribution in [3.05, 3.63) is 29.8 Å². The lowest BCUT2D eigenvalue weighted by molar-refractivity contribution is -0.137. The molecule has 2 amide bonds. The molecule has 0 atom stereocenters. The average molecular weight is 294 g/mol. The van der Waals surface area contributed by atoms with Crippen LogP contribution in [0.1, 0.15) is 32.3 Å². The molecule has 3 N–H and O–H groups in total. The van der Waals surface area contributed by atoms with Gasteiger partial charge in [0.25, 0.3) is 0 Å². The smallest absolute Gasteiger partial charge is 0.315 e. The molecule has 0 heterocycles. The van der Waals surface area contributed by atoms with E-state index in [1.165, 1.54) is 0 Å². The third kappa shape index (κ3) is 6.65. The van der Waals surface area contributed by atoms with E-state index in [4.69, 9.17) is 9.84 Å². The molecule has 0 unspecified atom stereocenters. The van der Waals surface area contributed by atoms with E-state index in [0.717, 1.165) is 11.3 Å². The Kier molecular flexibility index (Phi) is 6.02. The molecule has 0 aliphatic heterocycles. The van der Waals surface area contributed by atoms with Crippen LogP contribution in [0, 0.1) is 0 Å². The first-order valence-corrected chi connectivity index (χ1v) is 6.73. The largest absolute Gasteiger partial charge is 0.497 e. The highest BCUT2D eigenvalue weighted by atomic mass is 16.5. The van der Waals surface area contributed by atoms with E-state index >= 15 is 0 Å². The number of ether oxygens (including phenoxy) is 1. The Labute approximate surface area is 124 Å². The van der Waals surface area contributed by atoms with E-state index in [1.54, 1.807) is 21.0 Å². The van der Waals surface area contributed by atoms with E-state index in [9.17, 15) is 9.59 Å². The number of aliphatic carboxylic acids is 1. The number of amides is 2. The number of rotatable bonds is 7. The number of carboxylic acids is 1. The van der Waals surface area contributed by atoms with Gasteiger partial charge in [0, 0.05) is 18.5 Å². The number of carbonyl (C=O) groups is 2. The fourth-order valence-corrected chi connectivity index (χ4v) is 1.76. The van der Waals surface area contributed by atoms with Crippen LogP contribution >= 0.6 is 0 Å². The Hall–Kier alpha value is -2.24. The molecule has 1 aromatic carbocycles. The minimum absolute atomic E-state index is 0.0196. The van der Waals surface area contributed by atoms with Crippen molar-refractivity contribution in [2.24, 2.45) is 0 Å². The van der Waals surface area contributed by atoms with Gasteiger partial charge in [-0.05, 0) is 38.0 Å². The van der Waals surface area contributed by atoms with Gasteiger partial charge in [-0.1, -0.05) is 12.1 Å². The van der Waals surface area contributed by atoms with Crippen LogP contribution in [0.4, 0.5) is 4.79 Å². The molecule has 116 valence electrons. The molecule has 6 heteroatoms. The van der Waals surface area contributed by atoms with Crippen molar-refractivity contribution < 1.29 is 19.4 Å². The number of nitrogens with one attached hydrogen (secondary N) is 2. The van der Waals surface area contributed by atoms with Crippen LogP contribution in [0.2, 0.25) is 0 Å². The van der Waals surface area contributed by atoms with Gasteiger partial charge in [0.05, 0.1) is 7.11 Å². The Morgan fingerprint density at radius 2 is 1.86 bits per heavy atom. The molecule has 0 spiro atoms. The van der Waals surface area contributed by atoms with Gasteiger partial charge in [0.2, 0.25) is 0 Å². The Balaban J connectivity index is 2.40. The highest BCUT2D eigenvalue weighted by Crippen LogP contribution is 2.12. The predicted octanol–water partition coefficient (Wildman–Crippen LogP) is 2.14. The normalized spacial score (nSPS) is 10.8. The zero-order chi connectivity index (χ0) is 15.9. The van der Waals surface area contributed by atoms with E-state index in [1.807, 2.05) is 24.3 Å². The first kappa shape index (κ1) is 16.8. The topological polar surface area (TPSA) is 87.7 Å². The SMILES string of the molecule is COc1ccc(CNC(=O)NC(C)(C)CCC(=O)O)cc1. The fraction of sp³-hybridized carbons (Fsp3) is 0.467. The second-order valence-corrected chi connectivity index (χ2v) is 5.43. The predicted molar refractivity (Wildman–Crippen MR) is 79.3 cm³/mol. The lowest BCUT2D eigenvalue weighted by Gasteiger charge is -2.25. The summed E-state index contributed by atoms with van der Waals surface area (Å²) in [4.78, 5) is 22.4. The second-order valence-electron chi connectivity index (χ2n) is 5.43. The van der Waals surface area contributed by atoms with Crippen LogP contribution in [0.15, 0.2) is 24.3 Å². The minimum Gasteiger partial charge on any atom is -0.497 e. The van der Waals surface area contributed by atoms with Crippen molar-refractivity contribution in [1.82, 2.24) is 10.6 Å². The molecule has 0 fully saturated rings. The molecule has 6 nitrogen and oxygen atoms in total. The Bertz CT molecular complexity index is 483. The molecule has 0 saturated carbocycles. The minimum atomic E-state index is -0.872. The van der Waals surface area contributed by atoms with Gasteiger partial charge in [-0.15, -0.1) is 0 Å². The number of hydrogen-bond acceptors (Lipinski definition) is 3. The van der Waals surface area contributed by atoms with Crippen LogP contribution in [-0.4, -0.2) is 29.8 Å². The number of hydrogen-bond donors (Lipinski definition) is 3. The van der Waals surface area contributed by atoms with Crippen LogP contribution in [0.3, 0.4) is 0 Å². The van der Waals surface area contributed by atoms with E-state index in [0.29, 0.717) is 13.0 Å². The van der Waals surface area contributed by atoms with Crippen molar-refractivity contribution >= 4 is 12.0 Å². The van der Waals surface area contributed by atoms with E-state index in [2.05, 4.69) is 10.6 Å². The van der Waals surface area contributed by atoms with Gasteiger partial charge in [-0.25, -0.2) is 4.79 Å². The third-order valence-electron chi connectivity index (χ3n) is 3.03. The van der Waals surface area contributed by atoms with Gasteiger partial charge in [-0.2, -0.15) is 0 Å². The lowest BCUT2D eigenvalue weighted by Crippen LogP contribution is -2.48. The maximum absolute atomic E-state index is 11.8. The summed E-state index contributed by atoms with van der Waals surface area (Å²) in [6, 6.07) is 7.07. The molecule has 0 saturated heterocycles. The molecular weight excluding hydrogens is 272 g/mol. The van der Waals surface area contributed by atoms with Crippen molar-refractivity contribution in [3.63, 3.8) is 0 Å². The molecule has 0 aliphatic carbocycles. The summed E-state index contributed by atoms with van der Waals surface area (Å²) in [6.45, 7) is 3.98. The van der Waals surface area contributed by atoms with E-state index < -0.39 is 11.5 Å². The fourth-order valence-electron chi connectivity index (χ4n) is 1.76. The standard InChI is InChI=1S/C15H22N2O4/c1-15(2,9-8-13(18)19)17-14(20)16-10-11-4-6-12(21-3)7-5-11/h4-7H,8-10H2,1-3H3,(H,18,19)(H2,16,17,20). The van der Waals surface area contributed by atoms with Crippen LogP contribution < -0.4 is 15.4 Å². The summed E-state index contributed by atoms with van der Waals surface area (Å²) in [5, 5.41) is 14.2. The highest BCUT2D eigenvalue weighted by Gasteiger charge is 2.21. The molecule has 0 bridgehead atoms. The van der Waals surface area contributed by atoms with Gasteiger partial charge >= 0.3 is 12.0 Å². The van der Waals surface area contributed by atoms with Gasteiger partial charge in [0.1, 0.15) is 5.75 Å². The monoisotopic (exact) mass is 294 g/mol. The molecule has 1 aromatic rings. The number of urea groups is 1. The summed E-state index contributed by atoms with van der Waals surface area (Å²) in [7, 11) is 1.60. The number of carboxylic acid groups (broad SMARTS) is 1. The Morgan fingerprint density at radius 1 is 1.24 bits per heavy atom. The summed E-state index contributed by atoms with van der Waals surface area (Å²) >= 11 is 0. The number of benzene rings is 1. The van der Waals surface area contributed by atoms with Crippen molar-refractivity contribution in [1.29, 1.82) is 0 Å². The summed E-state index contributed by atoms with van der Waals surface area (Å²) < 4.78 is 5.06. The Morgan fingerprint density at radius 3 is 2.38 bits per heavy atom. The van der Waals surface area contributed by atoms with E-state index in [-0.39, 0.29) is 12.5 Å². The second kappa shape index (κ2) is 7.52. The molecular formula is C15H22N2O4. The third-order valence-corrected chi connectivity index (χ3v) is 3.03. The summed E-state index contributed by atoms with van der Waals surface area (Å²) in [5.41, 5.74) is 0.386. The average Bonchev–Trinajstić information content (AvgIpc) is 2.43. The van der Waals surface area contributed by atoms with Crippen molar-refractivity contribution in [2.75, 3.05) is 7.11 Å². The van der Waals surface area contributed by atoms with Crippen LogP contribution in [0.5, 0.6) is 5.75 Å². The maximum Gasteiger partial charge on any atom is 0.315 e. The van der Waals surface area contributed by atoms with Gasteiger partial charge < -0.3 is 20.5 Å². The zero-order valence-electron chi connectivity index (χ0n) is 12.6. The first-order valence-electron chi connectivity index (χ1n) is 6.73. The molecule has 1 rings (SSSR count). The van der Waals surface area contributed by atoms with Crippen LogP contribution in [0.25, 0.3) is 0 Å². The molecule has 0 aliphatic rings. The van der Waals surface area contributed by atoms with Crippen molar-refractivity contribution in [3.8, 4) is 5.75 Å². The molecule has 0 aromatic heterocycles. The lowest BCUT2D eigenvalue weighted by atomic mass is 9.99. The molecule has 0 radical (unpaired) electrons. The van der Waals surface area contributed by atoms with Crippen molar-refractivity contribution in [2.45, 2.75) is 38.8 Å². The maximum atomic E-state index is 11.8. The number of methoxy groups -OCH3 is 1. The quantitative estimate of drug-likeness (QED) is 0.719.